The summed E-state index contributed by atoms with van der Waals surface area (Å²) >= 11 is 5.65. The van der Waals surface area contributed by atoms with Crippen LogP contribution in [0.4, 0.5) is 8.78 Å². The molecule has 0 heterocycles. The Morgan fingerprint density at radius 2 is 1.85 bits per heavy atom. The molecular weight excluding hydrogens is 350 g/mol. The number of fused-ring (bicyclic) bond motifs is 1. The molecule has 130 valence electrons. The van der Waals surface area contributed by atoms with Gasteiger partial charge in [0.1, 0.15) is 11.6 Å². The van der Waals surface area contributed by atoms with E-state index in [0.717, 1.165) is 18.2 Å². The van der Waals surface area contributed by atoms with E-state index in [-0.39, 0.29) is 16.4 Å². The first-order valence-electron chi connectivity index (χ1n) is 8.38. The van der Waals surface area contributed by atoms with Crippen molar-refractivity contribution in [3.8, 4) is 11.8 Å². The molecule has 0 saturated heterocycles. The van der Waals surface area contributed by atoms with E-state index >= 15 is 0 Å². The second-order valence-electron chi connectivity index (χ2n) is 5.97. The van der Waals surface area contributed by atoms with E-state index < -0.39 is 5.82 Å². The molecule has 3 aromatic rings. The van der Waals surface area contributed by atoms with Gasteiger partial charge in [-0.1, -0.05) is 59.9 Å². The van der Waals surface area contributed by atoms with Crippen LogP contribution in [0.25, 0.3) is 10.8 Å². The largest absolute Gasteiger partial charge is 0.205 e. The van der Waals surface area contributed by atoms with Gasteiger partial charge >= 0.3 is 0 Å². The van der Waals surface area contributed by atoms with Crippen molar-refractivity contribution in [3.05, 3.63) is 94.0 Å². The quantitative estimate of drug-likeness (QED) is 0.358. The first-order chi connectivity index (χ1) is 12.6. The van der Waals surface area contributed by atoms with Gasteiger partial charge in [0.15, 0.2) is 0 Å². The highest BCUT2D eigenvalue weighted by atomic mass is 35.5. The summed E-state index contributed by atoms with van der Waals surface area (Å²) in [5.41, 5.74) is 1.91. The summed E-state index contributed by atoms with van der Waals surface area (Å²) in [5, 5.41) is 1.43. The smallest absolute Gasteiger partial charge is 0.146 e. The Balaban J connectivity index is 1.91. The molecule has 3 heteroatoms. The van der Waals surface area contributed by atoms with Crippen molar-refractivity contribution in [1.29, 1.82) is 0 Å². The fourth-order valence-electron chi connectivity index (χ4n) is 2.72. The Morgan fingerprint density at radius 1 is 1.00 bits per heavy atom. The number of hydrogen-bond acceptors (Lipinski definition) is 0. The molecule has 0 aliphatic rings. The molecular formula is C23H17ClF2. The minimum absolute atomic E-state index is 0.0395. The minimum atomic E-state index is -0.539. The number of benzene rings is 3. The standard InChI is InChI=1S/C23H17ClF2/c1-2-3-4-5-16-7-12-20-19(14-16)11-10-18(23(20)26)9-6-17-8-13-21(24)22(25)15-17/h2-3,7-8,10-15H,4-5H2,1H3/b3-2+. The van der Waals surface area contributed by atoms with Gasteiger partial charge < -0.3 is 0 Å². The summed E-state index contributed by atoms with van der Waals surface area (Å²) < 4.78 is 28.2. The van der Waals surface area contributed by atoms with Crippen molar-refractivity contribution >= 4 is 22.4 Å². The van der Waals surface area contributed by atoms with Gasteiger partial charge in [-0.3, -0.25) is 0 Å². The van der Waals surface area contributed by atoms with Crippen LogP contribution in [-0.4, -0.2) is 0 Å². The van der Waals surface area contributed by atoms with Crippen molar-refractivity contribution in [1.82, 2.24) is 0 Å². The zero-order valence-electron chi connectivity index (χ0n) is 14.3. The molecule has 0 fully saturated rings. The van der Waals surface area contributed by atoms with Crippen molar-refractivity contribution in [3.63, 3.8) is 0 Å². The molecule has 0 bridgehead atoms. The topological polar surface area (TPSA) is 0 Å². The maximum absolute atomic E-state index is 14.7. The SMILES string of the molecule is C/C=C/CCc1ccc2c(F)c(C#Cc3ccc(Cl)c(F)c3)ccc2c1. The molecule has 0 spiro atoms. The van der Waals surface area contributed by atoms with E-state index in [0.29, 0.717) is 10.9 Å². The van der Waals surface area contributed by atoms with Crippen LogP contribution >= 0.6 is 11.6 Å². The van der Waals surface area contributed by atoms with Gasteiger partial charge in [0.2, 0.25) is 0 Å². The van der Waals surface area contributed by atoms with Gasteiger partial charge in [-0.15, -0.1) is 0 Å². The van der Waals surface area contributed by atoms with E-state index in [2.05, 4.69) is 17.9 Å². The summed E-state index contributed by atoms with van der Waals surface area (Å²) in [5.74, 6) is 4.67. The van der Waals surface area contributed by atoms with E-state index in [9.17, 15) is 8.78 Å². The Morgan fingerprint density at radius 3 is 2.62 bits per heavy atom. The van der Waals surface area contributed by atoms with Crippen LogP contribution in [-0.2, 0) is 6.42 Å². The minimum Gasteiger partial charge on any atom is -0.205 e. The number of aryl methyl sites for hydroxylation is 1. The predicted octanol–water partition coefficient (Wildman–Crippen LogP) is 6.68. The van der Waals surface area contributed by atoms with E-state index in [1.165, 1.54) is 17.7 Å². The number of halogens is 3. The Hall–Kier alpha value is -2.63. The van der Waals surface area contributed by atoms with Crippen molar-refractivity contribution in [2.75, 3.05) is 0 Å². The fourth-order valence-corrected chi connectivity index (χ4v) is 2.84. The Kier molecular flexibility index (Phi) is 5.71. The summed E-state index contributed by atoms with van der Waals surface area (Å²) in [4.78, 5) is 0. The zero-order chi connectivity index (χ0) is 18.5. The molecule has 0 atom stereocenters. The van der Waals surface area contributed by atoms with Gasteiger partial charge in [0, 0.05) is 10.9 Å². The van der Waals surface area contributed by atoms with Crippen LogP contribution in [0.2, 0.25) is 5.02 Å². The van der Waals surface area contributed by atoms with E-state index in [1.54, 1.807) is 18.2 Å². The molecule has 0 saturated carbocycles. The van der Waals surface area contributed by atoms with Gasteiger partial charge in [-0.05, 0) is 55.0 Å². The van der Waals surface area contributed by atoms with Crippen molar-refractivity contribution < 1.29 is 8.78 Å². The van der Waals surface area contributed by atoms with Gasteiger partial charge in [0.05, 0.1) is 10.6 Å². The first-order valence-corrected chi connectivity index (χ1v) is 8.75. The second kappa shape index (κ2) is 8.17. The predicted molar refractivity (Wildman–Crippen MR) is 104 cm³/mol. The summed E-state index contributed by atoms with van der Waals surface area (Å²) in [6.45, 7) is 2.00. The summed E-state index contributed by atoms with van der Waals surface area (Å²) in [6.07, 6.45) is 6.03. The molecule has 0 amide bonds. The van der Waals surface area contributed by atoms with E-state index in [1.807, 2.05) is 31.2 Å². The molecule has 0 aromatic heterocycles. The molecule has 0 radical (unpaired) electrons. The van der Waals surface area contributed by atoms with Crippen LogP contribution < -0.4 is 0 Å². The van der Waals surface area contributed by atoms with Crippen LogP contribution in [0.15, 0.2) is 60.7 Å². The van der Waals surface area contributed by atoms with Crippen molar-refractivity contribution in [2.24, 2.45) is 0 Å². The highest BCUT2D eigenvalue weighted by Gasteiger charge is 2.06. The highest BCUT2D eigenvalue weighted by molar-refractivity contribution is 6.30. The maximum Gasteiger partial charge on any atom is 0.146 e. The molecule has 0 nitrogen and oxygen atoms in total. The van der Waals surface area contributed by atoms with Gasteiger partial charge in [0.25, 0.3) is 0 Å². The average molecular weight is 367 g/mol. The van der Waals surface area contributed by atoms with Gasteiger partial charge in [-0.2, -0.15) is 0 Å². The normalized spacial score (nSPS) is 10.9. The van der Waals surface area contributed by atoms with E-state index in [4.69, 9.17) is 11.6 Å². The third kappa shape index (κ3) is 4.12. The number of rotatable bonds is 3. The lowest BCUT2D eigenvalue weighted by Crippen LogP contribution is -1.89. The molecule has 0 aliphatic heterocycles. The lowest BCUT2D eigenvalue weighted by Gasteiger charge is -2.05. The van der Waals surface area contributed by atoms with Crippen molar-refractivity contribution in [2.45, 2.75) is 19.8 Å². The summed E-state index contributed by atoms with van der Waals surface area (Å²) in [6, 6.07) is 13.6. The van der Waals surface area contributed by atoms with Crippen LogP contribution in [0.1, 0.15) is 30.0 Å². The molecule has 3 rings (SSSR count). The maximum atomic E-state index is 14.7. The lowest BCUT2D eigenvalue weighted by molar-refractivity contribution is 0.628. The monoisotopic (exact) mass is 366 g/mol. The van der Waals surface area contributed by atoms with Gasteiger partial charge in [-0.25, -0.2) is 8.78 Å². The third-order valence-electron chi connectivity index (χ3n) is 4.11. The highest BCUT2D eigenvalue weighted by Crippen LogP contribution is 2.23. The third-order valence-corrected chi connectivity index (χ3v) is 4.42. The Labute approximate surface area is 157 Å². The first kappa shape index (κ1) is 18.2. The van der Waals surface area contributed by atoms with Crippen LogP contribution in [0.3, 0.4) is 0 Å². The zero-order valence-corrected chi connectivity index (χ0v) is 15.1. The molecule has 0 unspecified atom stereocenters. The molecule has 0 N–H and O–H groups in total. The van der Waals surface area contributed by atoms with Crippen LogP contribution in [0.5, 0.6) is 0 Å². The average Bonchev–Trinajstić information content (AvgIpc) is 2.64. The number of hydrogen-bond donors (Lipinski definition) is 0. The summed E-state index contributed by atoms with van der Waals surface area (Å²) in [7, 11) is 0. The second-order valence-corrected chi connectivity index (χ2v) is 6.38. The Bertz CT molecular complexity index is 1040. The fraction of sp³-hybridized carbons (Fsp3) is 0.130. The molecule has 0 aliphatic carbocycles. The molecule has 26 heavy (non-hydrogen) atoms. The molecule has 3 aromatic carbocycles. The van der Waals surface area contributed by atoms with Crippen LogP contribution in [0, 0.1) is 23.5 Å². The number of allylic oxidation sites excluding steroid dienone is 2. The lowest BCUT2D eigenvalue weighted by atomic mass is 10.0.